The van der Waals surface area contributed by atoms with Gasteiger partial charge in [-0.25, -0.2) is 9.97 Å². The van der Waals surface area contributed by atoms with Crippen molar-refractivity contribution in [1.29, 1.82) is 0 Å². The van der Waals surface area contributed by atoms with Crippen LogP contribution in [0.25, 0.3) is 52.8 Å². The van der Waals surface area contributed by atoms with Crippen LogP contribution in [0.15, 0.2) is 187 Å². The highest BCUT2D eigenvalue weighted by Crippen LogP contribution is 2.57. The lowest BCUT2D eigenvalue weighted by Crippen LogP contribution is -2.25. The minimum atomic E-state index is -0.283. The van der Waals surface area contributed by atoms with E-state index < -0.39 is 0 Å². The van der Waals surface area contributed by atoms with Crippen molar-refractivity contribution >= 4 is 68.3 Å². The van der Waals surface area contributed by atoms with Crippen LogP contribution in [0.3, 0.4) is 0 Å². The van der Waals surface area contributed by atoms with Crippen molar-refractivity contribution in [3.63, 3.8) is 0 Å². The Morgan fingerprint density at radius 3 is 1.37 bits per heavy atom. The molecule has 9 aromatic rings. The minimum Gasteiger partial charge on any atom is -0.288 e. The summed E-state index contributed by atoms with van der Waals surface area (Å²) in [5.74, 6) is 1.73. The number of carbonyl (C=O) groups excluding carboxylic acids is 2. The van der Waals surface area contributed by atoms with Gasteiger partial charge in [-0.2, -0.15) is 0 Å². The monoisotopic (exact) mass is 906 g/mol. The molecular weight excluding hydrogens is 861 g/mol. The summed E-state index contributed by atoms with van der Waals surface area (Å²) in [5.41, 5.74) is 12.2. The molecular formula is C59H46N4O2S2. The molecule has 0 saturated heterocycles. The smallest absolute Gasteiger partial charge is 0.197 e. The van der Waals surface area contributed by atoms with Crippen LogP contribution < -0.4 is 9.80 Å². The molecule has 0 N–H and O–H groups in total. The van der Waals surface area contributed by atoms with E-state index in [0.29, 0.717) is 28.6 Å². The second-order valence-electron chi connectivity index (χ2n) is 17.7. The number of anilines is 4. The Kier molecular flexibility index (Phi) is 10.7. The van der Waals surface area contributed by atoms with E-state index in [4.69, 9.17) is 9.97 Å². The molecule has 8 heteroatoms. The fraction of sp³-hybridized carbons (Fsp3) is 0.119. The van der Waals surface area contributed by atoms with E-state index in [-0.39, 0.29) is 29.0 Å². The molecule has 0 atom stereocenters. The molecule has 0 fully saturated rings. The zero-order valence-corrected chi connectivity index (χ0v) is 39.5. The summed E-state index contributed by atoms with van der Waals surface area (Å²) in [7, 11) is 0. The summed E-state index contributed by atoms with van der Waals surface area (Å²) >= 11 is 3.51. The van der Waals surface area contributed by atoms with Crippen LogP contribution in [0.2, 0.25) is 0 Å². The van der Waals surface area contributed by atoms with Gasteiger partial charge in [-0.05, 0) is 107 Å². The van der Waals surface area contributed by atoms with Crippen LogP contribution in [0.4, 0.5) is 23.0 Å². The van der Waals surface area contributed by atoms with Gasteiger partial charge in [0.2, 0.25) is 0 Å². The molecule has 11 rings (SSSR count). The molecule has 0 bridgehead atoms. The summed E-state index contributed by atoms with van der Waals surface area (Å²) in [6.07, 6.45) is 3.68. The largest absolute Gasteiger partial charge is 0.288 e. The first-order valence-electron chi connectivity index (χ1n) is 22.7. The minimum absolute atomic E-state index is 0.123. The van der Waals surface area contributed by atoms with Crippen LogP contribution in [-0.2, 0) is 0 Å². The van der Waals surface area contributed by atoms with Crippen molar-refractivity contribution in [1.82, 2.24) is 9.97 Å². The fourth-order valence-corrected chi connectivity index (χ4v) is 11.5. The number of aryl methyl sites for hydroxylation is 1. The van der Waals surface area contributed by atoms with Crippen molar-refractivity contribution in [2.24, 2.45) is 0 Å². The van der Waals surface area contributed by atoms with E-state index >= 15 is 0 Å². The highest BCUT2D eigenvalue weighted by atomic mass is 32.1. The van der Waals surface area contributed by atoms with Gasteiger partial charge < -0.3 is 0 Å². The van der Waals surface area contributed by atoms with E-state index in [2.05, 4.69) is 148 Å². The van der Waals surface area contributed by atoms with Gasteiger partial charge in [0.25, 0.3) is 0 Å². The normalized spacial score (nSPS) is 14.0. The van der Waals surface area contributed by atoms with Gasteiger partial charge in [0, 0.05) is 41.8 Å². The number of hydrogen-bond donors (Lipinski definition) is 0. The number of ketones is 2. The van der Waals surface area contributed by atoms with Gasteiger partial charge in [-0.15, -0.1) is 22.7 Å². The summed E-state index contributed by atoms with van der Waals surface area (Å²) in [4.78, 5) is 48.4. The number of fused-ring (bicyclic) bond motifs is 3. The second-order valence-corrected chi connectivity index (χ2v) is 19.9. The average Bonchev–Trinajstić information content (AvgIpc) is 4.16. The first-order chi connectivity index (χ1) is 32.6. The number of carbonyl (C=O) groups is 2. The highest BCUT2D eigenvalue weighted by molar-refractivity contribution is 7.19. The van der Waals surface area contributed by atoms with Gasteiger partial charge in [0.1, 0.15) is 5.82 Å². The first-order valence-corrected chi connectivity index (χ1v) is 24.3. The summed E-state index contributed by atoms with van der Waals surface area (Å²) in [6.45, 7) is 11.1. The van der Waals surface area contributed by atoms with E-state index in [1.165, 1.54) is 0 Å². The molecule has 6 nitrogen and oxygen atoms in total. The Balaban J connectivity index is 1.26. The lowest BCUT2D eigenvalue weighted by molar-refractivity contribution is 0.0988. The quantitative estimate of drug-likeness (QED) is 0.106. The molecule has 4 heterocycles. The Bertz CT molecular complexity index is 3330. The Labute approximate surface area is 398 Å². The highest BCUT2D eigenvalue weighted by Gasteiger charge is 2.42. The van der Waals surface area contributed by atoms with Gasteiger partial charge in [-0.1, -0.05) is 143 Å². The topological polar surface area (TPSA) is 66.4 Å². The van der Waals surface area contributed by atoms with E-state index in [9.17, 15) is 9.59 Å². The molecule has 0 amide bonds. The van der Waals surface area contributed by atoms with Crippen LogP contribution in [-0.4, -0.2) is 21.5 Å². The molecule has 0 saturated carbocycles. The van der Waals surface area contributed by atoms with Gasteiger partial charge >= 0.3 is 0 Å². The summed E-state index contributed by atoms with van der Waals surface area (Å²) in [6, 6.07) is 56.1. The number of benzene rings is 6. The average molecular weight is 907 g/mol. The third-order valence-corrected chi connectivity index (χ3v) is 15.0. The predicted octanol–water partition coefficient (Wildman–Crippen LogP) is 16.1. The predicted molar refractivity (Wildman–Crippen MR) is 278 cm³/mol. The number of hydrogen-bond acceptors (Lipinski definition) is 8. The molecule has 0 spiro atoms. The van der Waals surface area contributed by atoms with E-state index in [1.807, 2.05) is 54.6 Å². The number of nitrogens with zero attached hydrogens (tertiary/aromatic N) is 4. The van der Waals surface area contributed by atoms with Crippen molar-refractivity contribution in [3.05, 3.63) is 215 Å². The number of rotatable bonds is 9. The molecule has 67 heavy (non-hydrogen) atoms. The van der Waals surface area contributed by atoms with Crippen LogP contribution in [0.5, 0.6) is 0 Å². The standard InChI is InChI=1S/C59H46N4O2S2/c1-35(2)40-23-16-24-41(36(3)4)54(40)62-53(32-27-44-56(64)42-21-12-13-22-43(42)57(44)65)63(59-58(62)60-47-25-14-15-26-48(47)61-59)55-45(51-30-28-49(66-51)38-17-8-6-9-18-38)33-37(5)34-46(55)52-31-29-50(67-52)39-19-10-7-11-20-39/h6-36H,1-5H3/b53-32+. The maximum atomic E-state index is 14.2. The van der Waals surface area contributed by atoms with Crippen LogP contribution in [0.1, 0.15) is 76.9 Å². The number of allylic oxidation sites excluding steroid dienone is 3. The zero-order valence-electron chi connectivity index (χ0n) is 37.8. The lowest BCUT2D eigenvalue weighted by atomic mass is 9.92. The molecule has 3 aromatic heterocycles. The zero-order chi connectivity index (χ0) is 45.9. The van der Waals surface area contributed by atoms with Crippen molar-refractivity contribution < 1.29 is 9.59 Å². The SMILES string of the molecule is Cc1cc(-c2ccc(-c3ccccc3)s2)c(N2/C(=C/C=C3C(=O)c4ccccc4C3=O)N(c3c(C(C)C)cccc3C(C)C)c3nc4ccccc4nc32)c(-c2ccc(-c3ccccc3)s2)c1. The molecule has 1 aliphatic heterocycles. The number of aromatic nitrogens is 2. The van der Waals surface area contributed by atoms with Crippen molar-refractivity contribution in [3.8, 4) is 41.8 Å². The van der Waals surface area contributed by atoms with Crippen molar-refractivity contribution in [2.75, 3.05) is 9.80 Å². The molecule has 0 radical (unpaired) electrons. The molecule has 2 aliphatic rings. The summed E-state index contributed by atoms with van der Waals surface area (Å²) in [5, 5.41) is 0. The van der Waals surface area contributed by atoms with Crippen molar-refractivity contribution in [2.45, 2.75) is 46.5 Å². The Hall–Kier alpha value is -7.52. The number of para-hydroxylation sites is 3. The van der Waals surface area contributed by atoms with Gasteiger partial charge in [0.15, 0.2) is 23.2 Å². The Morgan fingerprint density at radius 1 is 0.463 bits per heavy atom. The van der Waals surface area contributed by atoms with E-state index in [0.717, 1.165) is 80.9 Å². The Morgan fingerprint density at radius 2 is 0.896 bits per heavy atom. The fourth-order valence-electron chi connectivity index (χ4n) is 9.42. The van der Waals surface area contributed by atoms with Crippen LogP contribution in [0, 0.1) is 6.92 Å². The molecule has 0 unspecified atom stereocenters. The number of Topliss-reactive ketones (excluding diaryl/α,β-unsaturated/α-hetero) is 2. The van der Waals surface area contributed by atoms with E-state index in [1.54, 1.807) is 40.9 Å². The third-order valence-electron chi connectivity index (χ3n) is 12.6. The summed E-state index contributed by atoms with van der Waals surface area (Å²) < 4.78 is 0. The van der Waals surface area contributed by atoms with Gasteiger partial charge in [-0.3, -0.25) is 19.4 Å². The molecule has 1 aliphatic carbocycles. The lowest BCUT2D eigenvalue weighted by Gasteiger charge is -2.31. The maximum Gasteiger partial charge on any atom is 0.197 e. The maximum absolute atomic E-state index is 14.2. The second kappa shape index (κ2) is 17.0. The molecule has 6 aromatic carbocycles. The molecule has 326 valence electrons. The van der Waals surface area contributed by atoms with Gasteiger partial charge in [0.05, 0.1) is 28.0 Å². The number of thiophene rings is 2. The van der Waals surface area contributed by atoms with Crippen LogP contribution >= 0.6 is 22.7 Å². The third kappa shape index (κ3) is 7.33. The first kappa shape index (κ1) is 42.1.